The number of hydrogen-bond donors (Lipinski definition) is 0. The van der Waals surface area contributed by atoms with Crippen molar-refractivity contribution in [3.05, 3.63) is 35.9 Å². The lowest BCUT2D eigenvalue weighted by atomic mass is 9.81. The predicted molar refractivity (Wildman–Crippen MR) is 55.6 cm³/mol. The highest BCUT2D eigenvalue weighted by atomic mass is 79.9. The zero-order valence-electron chi connectivity index (χ0n) is 7.04. The van der Waals surface area contributed by atoms with Crippen LogP contribution >= 0.6 is 15.9 Å². The minimum Gasteiger partial charge on any atom is -0.0888 e. The van der Waals surface area contributed by atoms with E-state index in [4.69, 9.17) is 0 Å². The van der Waals surface area contributed by atoms with Crippen LogP contribution in [-0.4, -0.2) is 4.83 Å². The fourth-order valence-electron chi connectivity index (χ4n) is 1.68. The third-order valence-electron chi connectivity index (χ3n) is 2.67. The van der Waals surface area contributed by atoms with Gasteiger partial charge in [-0.2, -0.15) is 0 Å². The van der Waals surface area contributed by atoms with Crippen LogP contribution in [0.2, 0.25) is 0 Å². The topological polar surface area (TPSA) is 0 Å². The molecule has 1 fully saturated rings. The zero-order chi connectivity index (χ0) is 8.39. The van der Waals surface area contributed by atoms with Crippen LogP contribution in [0.25, 0.3) is 0 Å². The molecule has 1 aliphatic carbocycles. The molecule has 12 heavy (non-hydrogen) atoms. The Morgan fingerprint density at radius 3 is 2.42 bits per heavy atom. The average Bonchev–Trinajstić information content (AvgIpc) is 2.14. The Morgan fingerprint density at radius 2 is 1.92 bits per heavy atom. The fourth-order valence-corrected chi connectivity index (χ4v) is 2.39. The highest BCUT2D eigenvalue weighted by molar-refractivity contribution is 9.09. The predicted octanol–water partition coefficient (Wildman–Crippen LogP) is 3.40. The van der Waals surface area contributed by atoms with Crippen LogP contribution in [0, 0.1) is 5.92 Å². The summed E-state index contributed by atoms with van der Waals surface area (Å²) in [5, 5.41) is 0. The van der Waals surface area contributed by atoms with Crippen molar-refractivity contribution >= 4 is 15.9 Å². The Bertz CT molecular complexity index is 242. The van der Waals surface area contributed by atoms with Gasteiger partial charge in [0.25, 0.3) is 0 Å². The summed E-state index contributed by atoms with van der Waals surface area (Å²) in [5.74, 6) is 0.882. The SMILES string of the molecule is BrC1CCC1Cc1ccccc1. The largest absolute Gasteiger partial charge is 0.0888 e. The van der Waals surface area contributed by atoms with Gasteiger partial charge in [-0.1, -0.05) is 46.3 Å². The second kappa shape index (κ2) is 3.61. The highest BCUT2D eigenvalue weighted by Crippen LogP contribution is 2.36. The van der Waals surface area contributed by atoms with Crippen LogP contribution in [0.1, 0.15) is 18.4 Å². The third kappa shape index (κ3) is 1.71. The summed E-state index contributed by atoms with van der Waals surface area (Å²) in [6, 6.07) is 10.8. The molecule has 1 heteroatoms. The number of alkyl halides is 1. The molecule has 2 unspecified atom stereocenters. The van der Waals surface area contributed by atoms with Crippen LogP contribution in [0.4, 0.5) is 0 Å². The van der Waals surface area contributed by atoms with E-state index in [0.717, 1.165) is 10.7 Å². The molecule has 0 aliphatic heterocycles. The maximum atomic E-state index is 3.68. The molecular formula is C11H13Br. The minimum atomic E-state index is 0.776. The van der Waals surface area contributed by atoms with Crippen LogP contribution in [0.5, 0.6) is 0 Å². The summed E-state index contributed by atoms with van der Waals surface area (Å²) in [4.78, 5) is 0.776. The molecule has 1 aromatic rings. The molecule has 1 saturated carbocycles. The van der Waals surface area contributed by atoms with Gasteiger partial charge in [0.1, 0.15) is 0 Å². The van der Waals surface area contributed by atoms with Gasteiger partial charge in [0.05, 0.1) is 0 Å². The summed E-state index contributed by atoms with van der Waals surface area (Å²) < 4.78 is 0. The Morgan fingerprint density at radius 1 is 1.17 bits per heavy atom. The van der Waals surface area contributed by atoms with Crippen molar-refractivity contribution in [3.63, 3.8) is 0 Å². The van der Waals surface area contributed by atoms with Crippen LogP contribution in [0.15, 0.2) is 30.3 Å². The molecule has 1 aromatic carbocycles. The lowest BCUT2D eigenvalue weighted by Gasteiger charge is -2.32. The quantitative estimate of drug-likeness (QED) is 0.676. The molecule has 0 aromatic heterocycles. The Labute approximate surface area is 82.1 Å². The second-order valence-electron chi connectivity index (χ2n) is 3.54. The average molecular weight is 225 g/mol. The fraction of sp³-hybridized carbons (Fsp3) is 0.455. The van der Waals surface area contributed by atoms with Gasteiger partial charge in [-0.25, -0.2) is 0 Å². The van der Waals surface area contributed by atoms with Crippen molar-refractivity contribution in [2.75, 3.05) is 0 Å². The Kier molecular flexibility index (Phi) is 2.50. The molecule has 0 amide bonds. The molecule has 0 saturated heterocycles. The number of rotatable bonds is 2. The van der Waals surface area contributed by atoms with Crippen LogP contribution in [0.3, 0.4) is 0 Å². The zero-order valence-corrected chi connectivity index (χ0v) is 8.63. The van der Waals surface area contributed by atoms with Crippen molar-refractivity contribution < 1.29 is 0 Å². The molecule has 0 nitrogen and oxygen atoms in total. The minimum absolute atomic E-state index is 0.776. The van der Waals surface area contributed by atoms with Gasteiger partial charge >= 0.3 is 0 Å². The van der Waals surface area contributed by atoms with Gasteiger partial charge in [-0.3, -0.25) is 0 Å². The van der Waals surface area contributed by atoms with E-state index in [1.54, 1.807) is 0 Å². The summed E-state index contributed by atoms with van der Waals surface area (Å²) in [7, 11) is 0. The first-order valence-corrected chi connectivity index (χ1v) is 5.46. The Balaban J connectivity index is 1.95. The van der Waals surface area contributed by atoms with Crippen molar-refractivity contribution in [2.24, 2.45) is 5.92 Å². The van der Waals surface area contributed by atoms with Crippen LogP contribution in [-0.2, 0) is 6.42 Å². The maximum absolute atomic E-state index is 3.68. The highest BCUT2D eigenvalue weighted by Gasteiger charge is 2.27. The van der Waals surface area contributed by atoms with Gasteiger partial charge in [0, 0.05) is 4.83 Å². The maximum Gasteiger partial charge on any atom is 0.0177 e. The number of hydrogen-bond acceptors (Lipinski definition) is 0. The lowest BCUT2D eigenvalue weighted by molar-refractivity contribution is 0.336. The van der Waals surface area contributed by atoms with Crippen molar-refractivity contribution in [3.8, 4) is 0 Å². The van der Waals surface area contributed by atoms with E-state index in [1.165, 1.54) is 24.8 Å². The molecule has 64 valence electrons. The van der Waals surface area contributed by atoms with Gasteiger partial charge in [0.2, 0.25) is 0 Å². The van der Waals surface area contributed by atoms with Crippen molar-refractivity contribution in [1.82, 2.24) is 0 Å². The molecule has 1 aliphatic rings. The Hall–Kier alpha value is -0.300. The molecule has 0 radical (unpaired) electrons. The molecule has 0 heterocycles. The monoisotopic (exact) mass is 224 g/mol. The van der Waals surface area contributed by atoms with Crippen molar-refractivity contribution in [1.29, 1.82) is 0 Å². The molecule has 2 rings (SSSR count). The van der Waals surface area contributed by atoms with Crippen molar-refractivity contribution in [2.45, 2.75) is 24.1 Å². The molecule has 0 bridgehead atoms. The van der Waals surface area contributed by atoms with Gasteiger partial charge < -0.3 is 0 Å². The van der Waals surface area contributed by atoms with Crippen LogP contribution < -0.4 is 0 Å². The van der Waals surface area contributed by atoms with Gasteiger partial charge in [-0.05, 0) is 30.7 Å². The summed E-state index contributed by atoms with van der Waals surface area (Å²) in [5.41, 5.74) is 1.48. The van der Waals surface area contributed by atoms with Gasteiger partial charge in [-0.15, -0.1) is 0 Å². The molecule has 2 atom stereocenters. The summed E-state index contributed by atoms with van der Waals surface area (Å²) >= 11 is 3.68. The second-order valence-corrected chi connectivity index (χ2v) is 4.72. The first-order valence-electron chi connectivity index (χ1n) is 4.54. The van der Waals surface area contributed by atoms with E-state index < -0.39 is 0 Å². The normalized spacial score (nSPS) is 28.1. The first kappa shape index (κ1) is 8.31. The van der Waals surface area contributed by atoms with E-state index in [0.29, 0.717) is 0 Å². The molecule has 0 spiro atoms. The standard InChI is InChI=1S/C11H13Br/c12-11-7-6-10(11)8-9-4-2-1-3-5-9/h1-5,10-11H,6-8H2. The van der Waals surface area contributed by atoms with E-state index >= 15 is 0 Å². The smallest absolute Gasteiger partial charge is 0.0177 e. The molecular weight excluding hydrogens is 212 g/mol. The number of halogens is 1. The van der Waals surface area contributed by atoms with E-state index in [9.17, 15) is 0 Å². The number of benzene rings is 1. The van der Waals surface area contributed by atoms with E-state index in [2.05, 4.69) is 46.3 Å². The summed E-state index contributed by atoms with van der Waals surface area (Å²) in [6.45, 7) is 0. The summed E-state index contributed by atoms with van der Waals surface area (Å²) in [6.07, 6.45) is 4.00. The first-order chi connectivity index (χ1) is 5.86. The van der Waals surface area contributed by atoms with Gasteiger partial charge in [0.15, 0.2) is 0 Å². The van der Waals surface area contributed by atoms with E-state index in [-0.39, 0.29) is 0 Å². The lowest BCUT2D eigenvalue weighted by Crippen LogP contribution is -2.27. The third-order valence-corrected chi connectivity index (χ3v) is 3.87. The molecule has 0 N–H and O–H groups in total. The van der Waals surface area contributed by atoms with E-state index in [1.807, 2.05) is 0 Å².